The van der Waals surface area contributed by atoms with E-state index in [2.05, 4.69) is 10.2 Å². The number of nitrogens with zero attached hydrogens (tertiary/aromatic N) is 4. The molecule has 3 aromatic rings. The molecule has 154 valence electrons. The predicted octanol–water partition coefficient (Wildman–Crippen LogP) is 4.50. The maximum absolute atomic E-state index is 12.8. The zero-order chi connectivity index (χ0) is 21.2. The third kappa shape index (κ3) is 5.13. The number of rotatable bonds is 6. The van der Waals surface area contributed by atoms with Gasteiger partial charge in [0.15, 0.2) is 5.16 Å². The van der Waals surface area contributed by atoms with E-state index in [9.17, 15) is 18.0 Å². The van der Waals surface area contributed by atoms with Crippen molar-refractivity contribution in [2.75, 3.05) is 12.8 Å². The number of benzene rings is 1. The quantitative estimate of drug-likeness (QED) is 0.524. The molecule has 0 saturated heterocycles. The zero-order valence-corrected chi connectivity index (χ0v) is 17.0. The molecule has 2 aromatic heterocycles. The maximum Gasteiger partial charge on any atom is 0.451 e. The second kappa shape index (κ2) is 8.50. The molecule has 29 heavy (non-hydrogen) atoms. The number of carbonyl (C=O) groups excluding carboxylic acids is 1. The number of carbonyl (C=O) groups is 1. The SMILES string of the molecule is CN(Cc1ccc(-c2ccc(Cl)cc2)o1)C(=O)CSc1nnc(C(F)(F)F)n1C. The second-order valence-electron chi connectivity index (χ2n) is 6.17. The number of thioether (sulfide) groups is 1. The van der Waals surface area contributed by atoms with Gasteiger partial charge in [-0.3, -0.25) is 4.79 Å². The molecule has 0 aliphatic heterocycles. The Morgan fingerprint density at radius 1 is 1.21 bits per heavy atom. The lowest BCUT2D eigenvalue weighted by atomic mass is 10.2. The maximum atomic E-state index is 12.8. The van der Waals surface area contributed by atoms with Crippen LogP contribution < -0.4 is 0 Å². The van der Waals surface area contributed by atoms with Gasteiger partial charge >= 0.3 is 6.18 Å². The highest BCUT2D eigenvalue weighted by atomic mass is 35.5. The molecule has 0 N–H and O–H groups in total. The first-order valence-electron chi connectivity index (χ1n) is 8.33. The molecule has 0 fully saturated rings. The van der Waals surface area contributed by atoms with Crippen LogP contribution in [-0.4, -0.2) is 38.4 Å². The number of aromatic nitrogens is 3. The van der Waals surface area contributed by atoms with Gasteiger partial charge in [-0.25, -0.2) is 0 Å². The highest BCUT2D eigenvalue weighted by Crippen LogP contribution is 2.29. The van der Waals surface area contributed by atoms with E-state index in [1.54, 1.807) is 31.3 Å². The van der Waals surface area contributed by atoms with E-state index < -0.39 is 12.0 Å². The van der Waals surface area contributed by atoms with E-state index in [0.717, 1.165) is 21.9 Å². The van der Waals surface area contributed by atoms with Gasteiger partial charge in [-0.05, 0) is 36.4 Å². The molecular formula is C18H16ClF3N4O2S. The zero-order valence-electron chi connectivity index (χ0n) is 15.4. The van der Waals surface area contributed by atoms with Crippen LogP contribution in [0.15, 0.2) is 46.0 Å². The predicted molar refractivity (Wildman–Crippen MR) is 102 cm³/mol. The van der Waals surface area contributed by atoms with Crippen LogP contribution >= 0.6 is 23.4 Å². The van der Waals surface area contributed by atoms with Crippen LogP contribution in [0.25, 0.3) is 11.3 Å². The lowest BCUT2D eigenvalue weighted by molar-refractivity contribution is -0.147. The van der Waals surface area contributed by atoms with Crippen LogP contribution in [0.3, 0.4) is 0 Å². The second-order valence-corrected chi connectivity index (χ2v) is 7.55. The van der Waals surface area contributed by atoms with Crippen molar-refractivity contribution in [3.63, 3.8) is 0 Å². The smallest absolute Gasteiger partial charge is 0.451 e. The van der Waals surface area contributed by atoms with Crippen LogP contribution in [0.2, 0.25) is 5.02 Å². The van der Waals surface area contributed by atoms with Crippen molar-refractivity contribution in [1.29, 1.82) is 0 Å². The largest absolute Gasteiger partial charge is 0.459 e. The molecule has 0 radical (unpaired) electrons. The highest BCUT2D eigenvalue weighted by Gasteiger charge is 2.37. The van der Waals surface area contributed by atoms with Crippen LogP contribution in [0.1, 0.15) is 11.6 Å². The molecule has 0 saturated carbocycles. The third-order valence-corrected chi connectivity index (χ3v) is 5.28. The summed E-state index contributed by atoms with van der Waals surface area (Å²) >= 11 is 6.76. The number of hydrogen-bond donors (Lipinski definition) is 0. The number of hydrogen-bond acceptors (Lipinski definition) is 5. The van der Waals surface area contributed by atoms with Gasteiger partial charge in [0.25, 0.3) is 0 Å². The fourth-order valence-corrected chi connectivity index (χ4v) is 3.46. The van der Waals surface area contributed by atoms with Gasteiger partial charge in [0.2, 0.25) is 11.7 Å². The summed E-state index contributed by atoms with van der Waals surface area (Å²) in [5, 5.41) is 7.27. The summed E-state index contributed by atoms with van der Waals surface area (Å²) in [7, 11) is 2.80. The summed E-state index contributed by atoms with van der Waals surface area (Å²) in [6.07, 6.45) is -4.59. The molecule has 0 aliphatic rings. The molecule has 1 aromatic carbocycles. The Kier molecular flexibility index (Phi) is 6.23. The van der Waals surface area contributed by atoms with Gasteiger partial charge in [-0.1, -0.05) is 23.4 Å². The first-order chi connectivity index (χ1) is 13.6. The number of halogens is 4. The molecule has 3 rings (SSSR count). The lowest BCUT2D eigenvalue weighted by Crippen LogP contribution is -2.27. The van der Waals surface area contributed by atoms with Gasteiger partial charge in [0, 0.05) is 24.7 Å². The van der Waals surface area contributed by atoms with Gasteiger partial charge in [0.05, 0.1) is 12.3 Å². The Morgan fingerprint density at radius 2 is 1.90 bits per heavy atom. The summed E-state index contributed by atoms with van der Waals surface area (Å²) in [6.45, 7) is 0.222. The third-order valence-electron chi connectivity index (χ3n) is 4.02. The minimum Gasteiger partial charge on any atom is -0.459 e. The number of furan rings is 1. The topological polar surface area (TPSA) is 64.2 Å². The summed E-state index contributed by atoms with van der Waals surface area (Å²) in [6, 6.07) is 10.7. The lowest BCUT2D eigenvalue weighted by Gasteiger charge is -2.15. The highest BCUT2D eigenvalue weighted by molar-refractivity contribution is 7.99. The van der Waals surface area contributed by atoms with Crippen molar-refractivity contribution < 1.29 is 22.4 Å². The van der Waals surface area contributed by atoms with E-state index in [1.807, 2.05) is 12.1 Å². The molecule has 0 aliphatic carbocycles. The monoisotopic (exact) mass is 444 g/mol. The molecule has 0 spiro atoms. The molecule has 6 nitrogen and oxygen atoms in total. The fraction of sp³-hybridized carbons (Fsp3) is 0.278. The standard InChI is InChI=1S/C18H16ClF3N4O2S/c1-25(9-13-7-8-14(28-13)11-3-5-12(19)6-4-11)15(27)10-29-17-24-23-16(26(17)2)18(20,21)22/h3-8H,9-10H2,1-2H3. The summed E-state index contributed by atoms with van der Waals surface area (Å²) in [5.41, 5.74) is 0.855. The Hall–Kier alpha value is -2.46. The molecule has 0 atom stereocenters. The number of amides is 1. The van der Waals surface area contributed by atoms with Gasteiger partial charge in [-0.2, -0.15) is 13.2 Å². The molecule has 1 amide bonds. The van der Waals surface area contributed by atoms with E-state index in [1.165, 1.54) is 11.9 Å². The van der Waals surface area contributed by atoms with E-state index >= 15 is 0 Å². The van der Waals surface area contributed by atoms with Gasteiger partial charge in [-0.15, -0.1) is 10.2 Å². The van der Waals surface area contributed by atoms with Gasteiger partial charge in [0.1, 0.15) is 11.5 Å². The average Bonchev–Trinajstić information content (AvgIpc) is 3.26. The van der Waals surface area contributed by atoms with E-state index in [-0.39, 0.29) is 23.4 Å². The van der Waals surface area contributed by atoms with Crippen LogP contribution in [-0.2, 0) is 24.6 Å². The molecular weight excluding hydrogens is 429 g/mol. The van der Waals surface area contributed by atoms with Crippen molar-refractivity contribution in [1.82, 2.24) is 19.7 Å². The van der Waals surface area contributed by atoms with E-state index in [4.69, 9.17) is 16.0 Å². The first kappa shape index (κ1) is 21.3. The van der Waals surface area contributed by atoms with Crippen molar-refractivity contribution >= 4 is 29.3 Å². The molecule has 0 unspecified atom stereocenters. The Morgan fingerprint density at radius 3 is 2.52 bits per heavy atom. The van der Waals surface area contributed by atoms with Crippen molar-refractivity contribution in [2.24, 2.45) is 7.05 Å². The molecule has 11 heteroatoms. The summed E-state index contributed by atoms with van der Waals surface area (Å²) in [4.78, 5) is 13.7. The fourth-order valence-electron chi connectivity index (χ4n) is 2.48. The molecule has 2 heterocycles. The first-order valence-corrected chi connectivity index (χ1v) is 9.69. The van der Waals surface area contributed by atoms with Crippen LogP contribution in [0, 0.1) is 0 Å². The van der Waals surface area contributed by atoms with Crippen LogP contribution in [0.5, 0.6) is 0 Å². The van der Waals surface area contributed by atoms with E-state index in [0.29, 0.717) is 16.5 Å². The Bertz CT molecular complexity index is 1000. The van der Waals surface area contributed by atoms with Crippen LogP contribution in [0.4, 0.5) is 13.2 Å². The minimum absolute atomic E-state index is 0.0158. The van der Waals surface area contributed by atoms with Crippen molar-refractivity contribution in [3.8, 4) is 11.3 Å². The summed E-state index contributed by atoms with van der Waals surface area (Å²) in [5.74, 6) is -0.243. The van der Waals surface area contributed by atoms with Crippen molar-refractivity contribution in [3.05, 3.63) is 53.0 Å². The molecule has 0 bridgehead atoms. The normalized spacial score (nSPS) is 11.7. The average molecular weight is 445 g/mol. The summed E-state index contributed by atoms with van der Waals surface area (Å²) < 4.78 is 44.8. The Labute approximate surface area is 173 Å². The van der Waals surface area contributed by atoms with Gasteiger partial charge < -0.3 is 13.9 Å². The number of alkyl halides is 3. The van der Waals surface area contributed by atoms with Crippen molar-refractivity contribution in [2.45, 2.75) is 17.9 Å². The Balaban J connectivity index is 1.57. The minimum atomic E-state index is -4.59.